The van der Waals surface area contributed by atoms with E-state index >= 15 is 0 Å². The molecule has 0 aliphatic carbocycles. The van der Waals surface area contributed by atoms with Gasteiger partial charge in [0.1, 0.15) is 0 Å². The van der Waals surface area contributed by atoms with Crippen LogP contribution in [0.1, 0.15) is 39.7 Å². The van der Waals surface area contributed by atoms with Crippen molar-refractivity contribution >= 4 is 29.1 Å². The van der Waals surface area contributed by atoms with Crippen LogP contribution in [-0.4, -0.2) is 30.6 Å². The summed E-state index contributed by atoms with van der Waals surface area (Å²) in [5.41, 5.74) is 2.63. The topological polar surface area (TPSA) is 15.3 Å². The van der Waals surface area contributed by atoms with Gasteiger partial charge in [-0.05, 0) is 69.9 Å². The highest BCUT2D eigenvalue weighted by Gasteiger charge is 2.16. The molecular formula is C17H29ClN2S. The zero-order chi connectivity index (χ0) is 16.0. The van der Waals surface area contributed by atoms with Gasteiger partial charge in [0.25, 0.3) is 0 Å². The van der Waals surface area contributed by atoms with E-state index in [1.807, 2.05) is 17.8 Å². The highest BCUT2D eigenvalue weighted by Crippen LogP contribution is 2.26. The lowest BCUT2D eigenvalue weighted by atomic mass is 10.1. The largest absolute Gasteiger partial charge is 0.372 e. The SMILES string of the molecule is CSCCC(C)N(C)c1ccc(Cl)cc1CNC(C)(C)C. The van der Waals surface area contributed by atoms with Crippen LogP contribution in [0.25, 0.3) is 0 Å². The van der Waals surface area contributed by atoms with E-state index in [9.17, 15) is 0 Å². The summed E-state index contributed by atoms with van der Waals surface area (Å²) >= 11 is 8.09. The predicted molar refractivity (Wildman–Crippen MR) is 98.9 cm³/mol. The summed E-state index contributed by atoms with van der Waals surface area (Å²) in [4.78, 5) is 2.37. The first-order valence-electron chi connectivity index (χ1n) is 7.50. The van der Waals surface area contributed by atoms with Crippen molar-refractivity contribution in [2.45, 2.75) is 52.2 Å². The maximum atomic E-state index is 6.19. The fourth-order valence-electron chi connectivity index (χ4n) is 2.12. The van der Waals surface area contributed by atoms with Gasteiger partial charge in [0, 0.05) is 35.9 Å². The minimum absolute atomic E-state index is 0.0998. The third-order valence-electron chi connectivity index (χ3n) is 3.63. The van der Waals surface area contributed by atoms with E-state index in [-0.39, 0.29) is 5.54 Å². The lowest BCUT2D eigenvalue weighted by Crippen LogP contribution is -2.36. The summed E-state index contributed by atoms with van der Waals surface area (Å²) in [6, 6.07) is 6.72. The number of hydrogen-bond donors (Lipinski definition) is 1. The van der Waals surface area contributed by atoms with Crippen LogP contribution in [0.15, 0.2) is 18.2 Å². The first-order chi connectivity index (χ1) is 9.74. The molecule has 0 saturated heterocycles. The minimum atomic E-state index is 0.0998. The molecule has 1 N–H and O–H groups in total. The van der Waals surface area contributed by atoms with Gasteiger partial charge < -0.3 is 10.2 Å². The molecule has 4 heteroatoms. The Bertz CT molecular complexity index is 443. The van der Waals surface area contributed by atoms with E-state index in [1.165, 1.54) is 23.4 Å². The Morgan fingerprint density at radius 2 is 2.00 bits per heavy atom. The van der Waals surface area contributed by atoms with Crippen molar-refractivity contribution in [3.8, 4) is 0 Å². The number of thioether (sulfide) groups is 1. The number of benzene rings is 1. The van der Waals surface area contributed by atoms with Gasteiger partial charge in [-0.3, -0.25) is 0 Å². The molecule has 0 aliphatic rings. The van der Waals surface area contributed by atoms with Gasteiger partial charge >= 0.3 is 0 Å². The van der Waals surface area contributed by atoms with E-state index in [0.29, 0.717) is 6.04 Å². The van der Waals surface area contributed by atoms with Crippen LogP contribution in [0.4, 0.5) is 5.69 Å². The van der Waals surface area contributed by atoms with Crippen molar-refractivity contribution in [3.63, 3.8) is 0 Å². The Morgan fingerprint density at radius 3 is 2.57 bits per heavy atom. The molecule has 0 fully saturated rings. The molecule has 0 heterocycles. The minimum Gasteiger partial charge on any atom is -0.372 e. The van der Waals surface area contributed by atoms with Gasteiger partial charge in [0.2, 0.25) is 0 Å². The summed E-state index contributed by atoms with van der Waals surface area (Å²) in [6.45, 7) is 9.66. The lowest BCUT2D eigenvalue weighted by Gasteiger charge is -2.30. The molecular weight excluding hydrogens is 300 g/mol. The summed E-state index contributed by atoms with van der Waals surface area (Å²) in [6.07, 6.45) is 3.35. The van der Waals surface area contributed by atoms with Gasteiger partial charge in [-0.25, -0.2) is 0 Å². The maximum Gasteiger partial charge on any atom is 0.0412 e. The Hall–Kier alpha value is -0.380. The van der Waals surface area contributed by atoms with Crippen LogP contribution in [0.2, 0.25) is 5.02 Å². The van der Waals surface area contributed by atoms with E-state index in [2.05, 4.69) is 63.3 Å². The molecule has 1 rings (SSSR count). The average molecular weight is 329 g/mol. The molecule has 1 aromatic carbocycles. The van der Waals surface area contributed by atoms with Gasteiger partial charge in [-0.15, -0.1) is 0 Å². The molecule has 0 aliphatic heterocycles. The first kappa shape index (κ1) is 18.7. The standard InChI is InChI=1S/C17H29ClN2S/c1-13(9-10-21-6)20(5)16-8-7-15(18)11-14(16)12-19-17(2,3)4/h7-8,11,13,19H,9-10,12H2,1-6H3. The van der Waals surface area contributed by atoms with E-state index in [0.717, 1.165) is 11.6 Å². The Kier molecular flexibility index (Phi) is 7.38. The van der Waals surface area contributed by atoms with Gasteiger partial charge in [-0.2, -0.15) is 11.8 Å². The fraction of sp³-hybridized carbons (Fsp3) is 0.647. The molecule has 1 atom stereocenters. The summed E-state index contributed by atoms with van der Waals surface area (Å²) in [5, 5.41) is 4.35. The zero-order valence-electron chi connectivity index (χ0n) is 14.2. The number of nitrogens with zero attached hydrogens (tertiary/aromatic N) is 1. The predicted octanol–water partition coefficient (Wildman–Crippen LogP) is 4.81. The summed E-state index contributed by atoms with van der Waals surface area (Å²) in [7, 11) is 2.18. The monoisotopic (exact) mass is 328 g/mol. The molecule has 21 heavy (non-hydrogen) atoms. The van der Waals surface area contributed by atoms with Crippen molar-refractivity contribution < 1.29 is 0 Å². The van der Waals surface area contributed by atoms with Crippen LogP contribution < -0.4 is 10.2 Å². The normalized spacial score (nSPS) is 13.3. The second-order valence-corrected chi connectivity index (χ2v) is 8.04. The summed E-state index contributed by atoms with van der Waals surface area (Å²) < 4.78 is 0. The molecule has 0 amide bonds. The quantitative estimate of drug-likeness (QED) is 0.773. The fourth-order valence-corrected chi connectivity index (χ4v) is 2.89. The van der Waals surface area contributed by atoms with Crippen LogP contribution in [0.5, 0.6) is 0 Å². The van der Waals surface area contributed by atoms with Crippen molar-refractivity contribution in [3.05, 3.63) is 28.8 Å². The number of hydrogen-bond acceptors (Lipinski definition) is 3. The number of anilines is 1. The third kappa shape index (κ3) is 6.50. The smallest absolute Gasteiger partial charge is 0.0412 e. The number of nitrogens with one attached hydrogen (secondary N) is 1. The molecule has 0 spiro atoms. The molecule has 0 saturated carbocycles. The molecule has 1 unspecified atom stereocenters. The Labute approximate surface area is 139 Å². The zero-order valence-corrected chi connectivity index (χ0v) is 15.7. The molecule has 0 radical (unpaired) electrons. The van der Waals surface area contributed by atoms with Crippen molar-refractivity contribution in [2.75, 3.05) is 24.0 Å². The molecule has 0 bridgehead atoms. The number of halogens is 1. The van der Waals surface area contributed by atoms with Crippen molar-refractivity contribution in [2.24, 2.45) is 0 Å². The Balaban J connectivity index is 2.89. The maximum absolute atomic E-state index is 6.19. The average Bonchev–Trinajstić information content (AvgIpc) is 2.41. The van der Waals surface area contributed by atoms with Gasteiger partial charge in [0.15, 0.2) is 0 Å². The molecule has 2 nitrogen and oxygen atoms in total. The molecule has 0 aromatic heterocycles. The Morgan fingerprint density at radius 1 is 1.33 bits per heavy atom. The van der Waals surface area contributed by atoms with Crippen LogP contribution in [0, 0.1) is 0 Å². The van der Waals surface area contributed by atoms with Crippen LogP contribution in [-0.2, 0) is 6.54 Å². The van der Waals surface area contributed by atoms with Crippen LogP contribution in [0.3, 0.4) is 0 Å². The molecule has 120 valence electrons. The van der Waals surface area contributed by atoms with Crippen molar-refractivity contribution in [1.82, 2.24) is 5.32 Å². The highest BCUT2D eigenvalue weighted by molar-refractivity contribution is 7.98. The van der Waals surface area contributed by atoms with Gasteiger partial charge in [0.05, 0.1) is 0 Å². The highest BCUT2D eigenvalue weighted by atomic mass is 35.5. The number of rotatable bonds is 7. The van der Waals surface area contributed by atoms with Crippen LogP contribution >= 0.6 is 23.4 Å². The van der Waals surface area contributed by atoms with E-state index in [4.69, 9.17) is 11.6 Å². The van der Waals surface area contributed by atoms with E-state index < -0.39 is 0 Å². The second kappa shape index (κ2) is 8.30. The second-order valence-electron chi connectivity index (χ2n) is 6.62. The van der Waals surface area contributed by atoms with E-state index in [1.54, 1.807) is 0 Å². The van der Waals surface area contributed by atoms with Crippen molar-refractivity contribution in [1.29, 1.82) is 0 Å². The molecule has 1 aromatic rings. The van der Waals surface area contributed by atoms with Gasteiger partial charge in [-0.1, -0.05) is 11.6 Å². The first-order valence-corrected chi connectivity index (χ1v) is 9.27. The summed E-state index contributed by atoms with van der Waals surface area (Å²) in [5.74, 6) is 1.19. The third-order valence-corrected chi connectivity index (χ3v) is 4.51. The lowest BCUT2D eigenvalue weighted by molar-refractivity contribution is 0.424.